The van der Waals surface area contributed by atoms with E-state index < -0.39 is 0 Å². The molecule has 1 nitrogen and oxygen atoms in total. The van der Waals surface area contributed by atoms with Crippen molar-refractivity contribution in [1.82, 2.24) is 0 Å². The maximum Gasteiger partial charge on any atom is 0.120 e. The van der Waals surface area contributed by atoms with Crippen molar-refractivity contribution in [2.75, 3.05) is 6.61 Å². The molecular weight excluding hydrogens is 220 g/mol. The van der Waals surface area contributed by atoms with E-state index in [1.165, 1.54) is 22.3 Å². The molecule has 0 aliphatic heterocycles. The van der Waals surface area contributed by atoms with Gasteiger partial charge in [0.15, 0.2) is 0 Å². The summed E-state index contributed by atoms with van der Waals surface area (Å²) in [4.78, 5) is 0. The van der Waals surface area contributed by atoms with Crippen molar-refractivity contribution >= 4 is 0 Å². The van der Waals surface area contributed by atoms with Crippen LogP contribution in [0.1, 0.15) is 13.3 Å². The predicted molar refractivity (Wildman–Crippen MR) is 74.9 cm³/mol. The van der Waals surface area contributed by atoms with Gasteiger partial charge in [-0.05, 0) is 47.8 Å². The Morgan fingerprint density at radius 1 is 1.06 bits per heavy atom. The highest BCUT2D eigenvalue weighted by Gasteiger charge is 2.18. The Bertz CT molecular complexity index is 575. The van der Waals surface area contributed by atoms with E-state index >= 15 is 0 Å². The van der Waals surface area contributed by atoms with Gasteiger partial charge in [-0.3, -0.25) is 0 Å². The fourth-order valence-corrected chi connectivity index (χ4v) is 2.43. The summed E-state index contributed by atoms with van der Waals surface area (Å²) in [5.41, 5.74) is 5.24. The SMILES string of the molecule is CCOC1=CC2=CC=CC3=CC=CC=C(C3)C2=C1. The molecule has 0 aromatic carbocycles. The summed E-state index contributed by atoms with van der Waals surface area (Å²) in [5.74, 6) is 0.966. The normalized spacial score (nSPS) is 20.6. The van der Waals surface area contributed by atoms with E-state index in [1.54, 1.807) is 0 Å². The van der Waals surface area contributed by atoms with Crippen molar-refractivity contribution in [2.45, 2.75) is 13.3 Å². The second-order valence-electron chi connectivity index (χ2n) is 4.51. The van der Waals surface area contributed by atoms with E-state index in [9.17, 15) is 0 Å². The molecule has 3 rings (SSSR count). The summed E-state index contributed by atoms with van der Waals surface area (Å²) in [6, 6.07) is 0. The summed E-state index contributed by atoms with van der Waals surface area (Å²) in [5, 5.41) is 0. The van der Waals surface area contributed by atoms with E-state index in [-0.39, 0.29) is 0 Å². The minimum Gasteiger partial charge on any atom is -0.494 e. The van der Waals surface area contributed by atoms with Gasteiger partial charge < -0.3 is 4.74 Å². The van der Waals surface area contributed by atoms with E-state index in [1.807, 2.05) is 6.92 Å². The van der Waals surface area contributed by atoms with Gasteiger partial charge in [-0.1, -0.05) is 42.5 Å². The number of rotatable bonds is 2. The standard InChI is InChI=1S/C17H16O/c1-2-18-16-11-15-9-5-7-13-6-3-4-8-14(10-13)17(15)12-16/h3-9,11-12H,2,10H2,1H3. The molecular formula is C17H16O. The molecule has 1 heteroatoms. The van der Waals surface area contributed by atoms with Gasteiger partial charge in [0.05, 0.1) is 6.61 Å². The van der Waals surface area contributed by atoms with Crippen LogP contribution in [0.4, 0.5) is 0 Å². The van der Waals surface area contributed by atoms with Crippen molar-refractivity contribution in [2.24, 2.45) is 0 Å². The molecule has 2 bridgehead atoms. The van der Waals surface area contributed by atoms with Crippen LogP contribution in [0.15, 0.2) is 82.7 Å². The van der Waals surface area contributed by atoms with Crippen LogP contribution in [0.25, 0.3) is 0 Å². The van der Waals surface area contributed by atoms with Gasteiger partial charge in [0, 0.05) is 0 Å². The lowest BCUT2D eigenvalue weighted by Gasteiger charge is -2.12. The Morgan fingerprint density at radius 3 is 2.83 bits per heavy atom. The Labute approximate surface area is 108 Å². The first-order valence-corrected chi connectivity index (χ1v) is 6.38. The van der Waals surface area contributed by atoms with Gasteiger partial charge in [-0.2, -0.15) is 0 Å². The van der Waals surface area contributed by atoms with E-state index in [4.69, 9.17) is 4.74 Å². The number of allylic oxidation sites excluding steroid dienone is 13. The summed E-state index contributed by atoms with van der Waals surface area (Å²) in [6.07, 6.45) is 20.3. The number of hydrogen-bond acceptors (Lipinski definition) is 1. The highest BCUT2D eigenvalue weighted by molar-refractivity contribution is 5.63. The summed E-state index contributed by atoms with van der Waals surface area (Å²) in [7, 11) is 0. The lowest BCUT2D eigenvalue weighted by molar-refractivity contribution is 0.243. The van der Waals surface area contributed by atoms with E-state index in [2.05, 4.69) is 54.7 Å². The van der Waals surface area contributed by atoms with Gasteiger partial charge in [-0.15, -0.1) is 0 Å². The topological polar surface area (TPSA) is 9.23 Å². The quantitative estimate of drug-likeness (QED) is 0.699. The van der Waals surface area contributed by atoms with Crippen molar-refractivity contribution < 1.29 is 4.74 Å². The van der Waals surface area contributed by atoms with Crippen LogP contribution in [0.3, 0.4) is 0 Å². The fraction of sp³-hybridized carbons (Fsp3) is 0.176. The molecule has 3 aliphatic carbocycles. The molecule has 3 aliphatic rings. The molecule has 90 valence electrons. The van der Waals surface area contributed by atoms with Gasteiger partial charge in [0.25, 0.3) is 0 Å². The molecule has 0 N–H and O–H groups in total. The second-order valence-corrected chi connectivity index (χ2v) is 4.51. The smallest absolute Gasteiger partial charge is 0.120 e. The Balaban J connectivity index is 2.05. The largest absolute Gasteiger partial charge is 0.494 e. The number of hydrogen-bond donors (Lipinski definition) is 0. The van der Waals surface area contributed by atoms with Crippen LogP contribution < -0.4 is 0 Å². The van der Waals surface area contributed by atoms with Gasteiger partial charge >= 0.3 is 0 Å². The zero-order valence-corrected chi connectivity index (χ0v) is 10.5. The summed E-state index contributed by atoms with van der Waals surface area (Å²) in [6.45, 7) is 2.73. The van der Waals surface area contributed by atoms with Crippen LogP contribution >= 0.6 is 0 Å². The average molecular weight is 236 g/mol. The van der Waals surface area contributed by atoms with E-state index in [0.717, 1.165) is 12.2 Å². The molecule has 0 fully saturated rings. The monoisotopic (exact) mass is 236 g/mol. The van der Waals surface area contributed by atoms with Gasteiger partial charge in [0.2, 0.25) is 0 Å². The van der Waals surface area contributed by atoms with Crippen LogP contribution in [0, 0.1) is 0 Å². The summed E-state index contributed by atoms with van der Waals surface area (Å²) < 4.78 is 5.61. The first kappa shape index (κ1) is 11.1. The third-order valence-electron chi connectivity index (χ3n) is 3.25. The second kappa shape index (κ2) is 4.69. The molecule has 0 aromatic rings. The molecule has 0 aromatic heterocycles. The minimum absolute atomic E-state index is 0.711. The zero-order chi connectivity index (χ0) is 12.4. The lowest BCUT2D eigenvalue weighted by atomic mass is 9.92. The minimum atomic E-state index is 0.711. The molecule has 0 atom stereocenters. The van der Waals surface area contributed by atoms with Crippen molar-refractivity contribution in [3.05, 3.63) is 82.7 Å². The lowest BCUT2D eigenvalue weighted by Crippen LogP contribution is -1.94. The number of ether oxygens (including phenoxy) is 1. The average Bonchev–Trinajstić information content (AvgIpc) is 2.60. The molecule has 0 saturated heterocycles. The molecule has 18 heavy (non-hydrogen) atoms. The van der Waals surface area contributed by atoms with E-state index in [0.29, 0.717) is 6.61 Å². The molecule has 0 heterocycles. The highest BCUT2D eigenvalue weighted by Crippen LogP contribution is 2.35. The maximum absolute atomic E-state index is 5.61. The predicted octanol–water partition coefficient (Wildman–Crippen LogP) is 4.16. The highest BCUT2D eigenvalue weighted by atomic mass is 16.5. The zero-order valence-electron chi connectivity index (χ0n) is 10.5. The van der Waals surface area contributed by atoms with Crippen LogP contribution in [0.5, 0.6) is 0 Å². The number of fused-ring (bicyclic) bond motifs is 4. The molecule has 0 saturated carbocycles. The van der Waals surface area contributed by atoms with Crippen LogP contribution in [0.2, 0.25) is 0 Å². The third-order valence-corrected chi connectivity index (χ3v) is 3.25. The van der Waals surface area contributed by atoms with Gasteiger partial charge in [-0.25, -0.2) is 0 Å². The van der Waals surface area contributed by atoms with Crippen molar-refractivity contribution in [1.29, 1.82) is 0 Å². The Morgan fingerprint density at radius 2 is 1.94 bits per heavy atom. The molecule has 0 unspecified atom stereocenters. The third kappa shape index (κ3) is 2.04. The van der Waals surface area contributed by atoms with Crippen LogP contribution in [-0.4, -0.2) is 6.61 Å². The first-order chi connectivity index (χ1) is 8.86. The first-order valence-electron chi connectivity index (χ1n) is 6.38. The fourth-order valence-electron chi connectivity index (χ4n) is 2.43. The maximum atomic E-state index is 5.61. The van der Waals surface area contributed by atoms with Gasteiger partial charge in [0.1, 0.15) is 5.76 Å². The Hall–Kier alpha value is -2.02. The van der Waals surface area contributed by atoms with Crippen molar-refractivity contribution in [3.63, 3.8) is 0 Å². The molecule has 0 amide bonds. The summed E-state index contributed by atoms with van der Waals surface area (Å²) >= 11 is 0. The molecule has 0 radical (unpaired) electrons. The van der Waals surface area contributed by atoms with Crippen LogP contribution in [-0.2, 0) is 4.74 Å². The Kier molecular flexibility index (Phi) is 2.89. The molecule has 0 spiro atoms. The van der Waals surface area contributed by atoms with Crippen molar-refractivity contribution in [3.8, 4) is 0 Å².